The van der Waals surface area contributed by atoms with Crippen molar-refractivity contribution >= 4 is 17.9 Å². The molecule has 1 saturated heterocycles. The van der Waals surface area contributed by atoms with Gasteiger partial charge in [-0.15, -0.1) is 0 Å². The Morgan fingerprint density at radius 2 is 1.83 bits per heavy atom. The highest BCUT2D eigenvalue weighted by Crippen LogP contribution is 2.58. The van der Waals surface area contributed by atoms with E-state index in [0.717, 1.165) is 0 Å². The van der Waals surface area contributed by atoms with Crippen LogP contribution < -0.4 is 9.64 Å². The summed E-state index contributed by atoms with van der Waals surface area (Å²) in [5.74, 6) is 0.527. The number of anilines is 1. The number of aliphatic hydroxyl groups is 1. The van der Waals surface area contributed by atoms with Crippen LogP contribution in [-0.2, 0) is 15.1 Å². The Kier molecular flexibility index (Phi) is 3.60. The zero-order valence-corrected chi connectivity index (χ0v) is 14.0. The van der Waals surface area contributed by atoms with Crippen LogP contribution in [0, 0.1) is 0 Å². The predicted octanol–water partition coefficient (Wildman–Crippen LogP) is 1.66. The standard InChI is InChI=1S/C16H20N2O6/c1-15-16(21,7-8-17(15)13(19)23-3)11-6-5-10(22-2)9-12(11)18(15)14(20)24-4/h5-6,9,21H,7-8H2,1-4H3/t15-,16-/m1/s1. The Hall–Kier alpha value is -2.48. The van der Waals surface area contributed by atoms with E-state index in [1.165, 1.54) is 31.1 Å². The van der Waals surface area contributed by atoms with Gasteiger partial charge in [0.15, 0.2) is 5.66 Å². The Morgan fingerprint density at radius 3 is 2.42 bits per heavy atom. The first-order valence-electron chi connectivity index (χ1n) is 7.49. The molecule has 1 N–H and O–H groups in total. The van der Waals surface area contributed by atoms with Crippen LogP contribution in [0.3, 0.4) is 0 Å². The molecule has 8 heteroatoms. The number of likely N-dealkylation sites (tertiary alicyclic amines) is 1. The molecule has 1 aromatic rings. The van der Waals surface area contributed by atoms with E-state index in [-0.39, 0.29) is 13.0 Å². The van der Waals surface area contributed by atoms with E-state index in [1.807, 2.05) is 0 Å². The highest BCUT2D eigenvalue weighted by atomic mass is 16.6. The number of nitrogens with zero attached hydrogens (tertiary/aromatic N) is 2. The molecule has 3 rings (SSSR count). The van der Waals surface area contributed by atoms with Crippen molar-refractivity contribution in [1.29, 1.82) is 0 Å². The first-order chi connectivity index (χ1) is 11.3. The van der Waals surface area contributed by atoms with Gasteiger partial charge < -0.3 is 19.3 Å². The molecule has 1 fully saturated rings. The van der Waals surface area contributed by atoms with E-state index >= 15 is 0 Å². The largest absolute Gasteiger partial charge is 0.497 e. The monoisotopic (exact) mass is 336 g/mol. The first-order valence-corrected chi connectivity index (χ1v) is 7.49. The summed E-state index contributed by atoms with van der Waals surface area (Å²) in [5, 5.41) is 11.4. The Morgan fingerprint density at radius 1 is 1.17 bits per heavy atom. The van der Waals surface area contributed by atoms with Gasteiger partial charge in [-0.05, 0) is 13.0 Å². The molecule has 130 valence electrons. The molecule has 0 radical (unpaired) electrons. The number of carbonyl (C=O) groups excluding carboxylic acids is 2. The van der Waals surface area contributed by atoms with Crippen LogP contribution in [0.2, 0.25) is 0 Å². The van der Waals surface area contributed by atoms with Crippen LogP contribution in [0.1, 0.15) is 18.9 Å². The summed E-state index contributed by atoms with van der Waals surface area (Å²) in [7, 11) is 4.02. The second kappa shape index (κ2) is 5.27. The van der Waals surface area contributed by atoms with Crippen molar-refractivity contribution < 1.29 is 28.9 Å². The van der Waals surface area contributed by atoms with Gasteiger partial charge >= 0.3 is 12.2 Å². The van der Waals surface area contributed by atoms with E-state index in [4.69, 9.17) is 14.2 Å². The Bertz CT molecular complexity index is 708. The van der Waals surface area contributed by atoms with Crippen molar-refractivity contribution in [3.05, 3.63) is 23.8 Å². The number of amides is 2. The molecule has 2 heterocycles. The predicted molar refractivity (Wildman–Crippen MR) is 83.9 cm³/mol. The average Bonchev–Trinajstić information content (AvgIpc) is 2.96. The van der Waals surface area contributed by atoms with Crippen molar-refractivity contribution in [3.63, 3.8) is 0 Å². The number of fused-ring (bicyclic) bond motifs is 3. The average molecular weight is 336 g/mol. The summed E-state index contributed by atoms with van der Waals surface area (Å²) >= 11 is 0. The van der Waals surface area contributed by atoms with Crippen molar-refractivity contribution in [1.82, 2.24) is 4.90 Å². The van der Waals surface area contributed by atoms with Crippen LogP contribution in [0.15, 0.2) is 18.2 Å². The molecule has 0 aliphatic carbocycles. The minimum Gasteiger partial charge on any atom is -0.497 e. The molecule has 2 atom stereocenters. The quantitative estimate of drug-likeness (QED) is 0.839. The van der Waals surface area contributed by atoms with Gasteiger partial charge in [-0.25, -0.2) is 9.59 Å². The van der Waals surface area contributed by atoms with E-state index in [2.05, 4.69) is 0 Å². The molecule has 0 aromatic heterocycles. The van der Waals surface area contributed by atoms with Gasteiger partial charge in [0.1, 0.15) is 11.4 Å². The highest BCUT2D eigenvalue weighted by molar-refractivity contribution is 5.95. The topological polar surface area (TPSA) is 88.5 Å². The summed E-state index contributed by atoms with van der Waals surface area (Å²) < 4.78 is 15.0. The minimum absolute atomic E-state index is 0.249. The third-order valence-electron chi connectivity index (χ3n) is 5.09. The van der Waals surface area contributed by atoms with Crippen molar-refractivity contribution in [2.75, 3.05) is 32.8 Å². The molecule has 2 aliphatic rings. The number of rotatable bonds is 1. The highest BCUT2D eigenvalue weighted by Gasteiger charge is 2.69. The number of carbonyl (C=O) groups is 2. The van der Waals surface area contributed by atoms with Gasteiger partial charge in [-0.2, -0.15) is 0 Å². The number of hydrogen-bond acceptors (Lipinski definition) is 6. The molecule has 0 spiro atoms. The third-order valence-corrected chi connectivity index (χ3v) is 5.09. The minimum atomic E-state index is -1.43. The Balaban J connectivity index is 2.24. The van der Waals surface area contributed by atoms with Gasteiger partial charge in [-0.3, -0.25) is 9.80 Å². The van der Waals surface area contributed by atoms with Gasteiger partial charge in [0.05, 0.1) is 27.0 Å². The lowest BCUT2D eigenvalue weighted by Gasteiger charge is -2.43. The summed E-state index contributed by atoms with van der Waals surface area (Å²) in [5.41, 5.74) is -1.80. The normalized spacial score (nSPS) is 27.5. The fourth-order valence-electron chi connectivity index (χ4n) is 3.80. The Labute approximate surface area is 139 Å². The summed E-state index contributed by atoms with van der Waals surface area (Å²) in [4.78, 5) is 27.4. The maximum atomic E-state index is 12.5. The van der Waals surface area contributed by atoms with Crippen LogP contribution in [0.5, 0.6) is 5.75 Å². The van der Waals surface area contributed by atoms with Crippen molar-refractivity contribution in [2.24, 2.45) is 0 Å². The molecule has 2 aliphatic heterocycles. The maximum Gasteiger partial charge on any atom is 0.416 e. The van der Waals surface area contributed by atoms with E-state index in [0.29, 0.717) is 17.0 Å². The van der Waals surface area contributed by atoms with Crippen LogP contribution in [0.4, 0.5) is 15.3 Å². The number of methoxy groups -OCH3 is 3. The third kappa shape index (κ3) is 1.77. The number of ether oxygens (including phenoxy) is 3. The lowest BCUT2D eigenvalue weighted by Crippen LogP contribution is -2.64. The molecule has 24 heavy (non-hydrogen) atoms. The lowest BCUT2D eigenvalue weighted by atomic mass is 9.85. The summed E-state index contributed by atoms with van der Waals surface area (Å²) in [6.07, 6.45) is -1.04. The molecule has 0 unspecified atom stereocenters. The zero-order valence-electron chi connectivity index (χ0n) is 14.0. The zero-order chi connectivity index (χ0) is 17.7. The summed E-state index contributed by atoms with van der Waals surface area (Å²) in [6.45, 7) is 1.87. The first kappa shape index (κ1) is 16.4. The molecule has 2 amide bonds. The fraction of sp³-hybridized carbons (Fsp3) is 0.500. The van der Waals surface area contributed by atoms with Gasteiger partial charge in [0, 0.05) is 24.6 Å². The lowest BCUT2D eigenvalue weighted by molar-refractivity contribution is -0.0426. The van der Waals surface area contributed by atoms with Crippen LogP contribution >= 0.6 is 0 Å². The maximum absolute atomic E-state index is 12.5. The van der Waals surface area contributed by atoms with Crippen molar-refractivity contribution in [3.8, 4) is 5.75 Å². The molecule has 0 saturated carbocycles. The smallest absolute Gasteiger partial charge is 0.416 e. The van der Waals surface area contributed by atoms with E-state index in [1.54, 1.807) is 25.1 Å². The van der Waals surface area contributed by atoms with Gasteiger partial charge in [-0.1, -0.05) is 6.07 Å². The van der Waals surface area contributed by atoms with Gasteiger partial charge in [0.25, 0.3) is 0 Å². The van der Waals surface area contributed by atoms with Gasteiger partial charge in [0.2, 0.25) is 0 Å². The second-order valence-electron chi connectivity index (χ2n) is 5.94. The fourth-order valence-corrected chi connectivity index (χ4v) is 3.80. The molecule has 0 bridgehead atoms. The number of benzene rings is 1. The van der Waals surface area contributed by atoms with Crippen LogP contribution in [-0.4, -0.2) is 55.7 Å². The molecular weight excluding hydrogens is 316 g/mol. The second-order valence-corrected chi connectivity index (χ2v) is 5.94. The van der Waals surface area contributed by atoms with E-state index in [9.17, 15) is 14.7 Å². The molecular formula is C16H20N2O6. The SMILES string of the molecule is COC(=O)N1CC[C@@]2(O)c3ccc(OC)cc3N(C(=O)OC)[C@@]12C. The number of hydrogen-bond donors (Lipinski definition) is 1. The molecule has 1 aromatic carbocycles. The van der Waals surface area contributed by atoms with Crippen molar-refractivity contribution in [2.45, 2.75) is 24.6 Å². The van der Waals surface area contributed by atoms with E-state index < -0.39 is 23.5 Å². The summed E-state index contributed by atoms with van der Waals surface area (Å²) in [6, 6.07) is 5.05. The van der Waals surface area contributed by atoms with Crippen LogP contribution in [0.25, 0.3) is 0 Å². The molecule has 8 nitrogen and oxygen atoms in total.